The number of benzene rings is 3. The Morgan fingerprint density at radius 3 is 2.42 bits per heavy atom. The first-order valence-electron chi connectivity index (χ1n) is 10.5. The number of anilines is 2. The Kier molecular flexibility index (Phi) is 6.13. The maximum Gasteiger partial charge on any atom is 0.244 e. The van der Waals surface area contributed by atoms with E-state index in [1.807, 2.05) is 30.2 Å². The van der Waals surface area contributed by atoms with E-state index in [4.69, 9.17) is 4.74 Å². The number of fused-ring (bicyclic) bond motifs is 1. The van der Waals surface area contributed by atoms with Crippen LogP contribution in [0.5, 0.6) is 5.75 Å². The van der Waals surface area contributed by atoms with Crippen LogP contribution in [0.1, 0.15) is 16.7 Å². The van der Waals surface area contributed by atoms with Gasteiger partial charge in [0.2, 0.25) is 5.91 Å². The Balaban J connectivity index is 1.63. The lowest BCUT2D eigenvalue weighted by Gasteiger charge is -2.31. The van der Waals surface area contributed by atoms with Crippen molar-refractivity contribution in [1.82, 2.24) is 0 Å². The van der Waals surface area contributed by atoms with Gasteiger partial charge in [-0.15, -0.1) is 0 Å². The Labute approximate surface area is 193 Å². The van der Waals surface area contributed by atoms with Crippen LogP contribution in [-0.4, -0.2) is 19.6 Å². The molecule has 0 saturated carbocycles. The lowest BCUT2D eigenvalue weighted by atomic mass is 9.87. The van der Waals surface area contributed by atoms with Gasteiger partial charge in [-0.2, -0.15) is 0 Å². The average Bonchev–Trinajstić information content (AvgIpc) is 2.81. The Bertz CT molecular complexity index is 1260. The first-order chi connectivity index (χ1) is 15.9. The molecule has 166 valence electrons. The van der Waals surface area contributed by atoms with E-state index in [9.17, 15) is 9.18 Å². The normalized spacial score (nSPS) is 12.6. The number of amides is 1. The lowest BCUT2D eigenvalue weighted by molar-refractivity contribution is -0.114. The molecular formula is C28H25FN2O2. The summed E-state index contributed by atoms with van der Waals surface area (Å²) in [6.45, 7) is 10.7. The quantitative estimate of drug-likeness (QED) is 0.495. The van der Waals surface area contributed by atoms with Crippen LogP contribution in [0.4, 0.5) is 15.8 Å². The third kappa shape index (κ3) is 4.72. The topological polar surface area (TPSA) is 41.6 Å². The van der Waals surface area contributed by atoms with Crippen LogP contribution in [0.2, 0.25) is 0 Å². The van der Waals surface area contributed by atoms with Gasteiger partial charge in [0.15, 0.2) is 0 Å². The third-order valence-electron chi connectivity index (χ3n) is 5.60. The largest absolute Gasteiger partial charge is 0.497 e. The van der Waals surface area contributed by atoms with Crippen LogP contribution in [0.15, 0.2) is 91.7 Å². The first-order valence-corrected chi connectivity index (χ1v) is 10.5. The molecule has 1 aliphatic rings. The van der Waals surface area contributed by atoms with E-state index in [1.54, 1.807) is 43.5 Å². The smallest absolute Gasteiger partial charge is 0.244 e. The maximum absolute atomic E-state index is 13.4. The summed E-state index contributed by atoms with van der Waals surface area (Å²) in [5, 5.41) is 2.92. The maximum atomic E-state index is 13.4. The van der Waals surface area contributed by atoms with E-state index in [2.05, 4.69) is 24.5 Å². The van der Waals surface area contributed by atoms with Crippen molar-refractivity contribution < 1.29 is 13.9 Å². The van der Waals surface area contributed by atoms with Crippen LogP contribution in [0, 0.1) is 12.7 Å². The fraction of sp³-hybridized carbons (Fsp3) is 0.107. The highest BCUT2D eigenvalue weighted by Gasteiger charge is 2.24. The fourth-order valence-corrected chi connectivity index (χ4v) is 3.82. The minimum Gasteiger partial charge on any atom is -0.497 e. The van der Waals surface area contributed by atoms with Gasteiger partial charge < -0.3 is 15.0 Å². The number of allylic oxidation sites excluding steroid dienone is 3. The molecular weight excluding hydrogens is 415 g/mol. The molecule has 0 bridgehead atoms. The van der Waals surface area contributed by atoms with Gasteiger partial charge in [0.25, 0.3) is 0 Å². The predicted octanol–water partition coefficient (Wildman–Crippen LogP) is 6.21. The number of hydrogen-bond donors (Lipinski definition) is 1. The number of halogens is 1. The summed E-state index contributed by atoms with van der Waals surface area (Å²) in [6, 6.07) is 19.4. The van der Waals surface area contributed by atoms with Crippen molar-refractivity contribution in [2.24, 2.45) is 0 Å². The van der Waals surface area contributed by atoms with Crippen LogP contribution in [-0.2, 0) is 4.79 Å². The molecule has 4 rings (SSSR count). The van der Waals surface area contributed by atoms with Crippen LogP contribution >= 0.6 is 0 Å². The Morgan fingerprint density at radius 2 is 1.76 bits per heavy atom. The van der Waals surface area contributed by atoms with Crippen molar-refractivity contribution in [1.29, 1.82) is 0 Å². The van der Waals surface area contributed by atoms with Gasteiger partial charge in [0, 0.05) is 28.7 Å². The molecule has 5 heteroatoms. The molecule has 4 nitrogen and oxygen atoms in total. The molecule has 0 atom stereocenters. The third-order valence-corrected chi connectivity index (χ3v) is 5.60. The number of hydrogen-bond acceptors (Lipinski definition) is 3. The molecule has 0 spiro atoms. The van der Waals surface area contributed by atoms with E-state index < -0.39 is 0 Å². The summed E-state index contributed by atoms with van der Waals surface area (Å²) in [5.74, 6) is 0.252. The van der Waals surface area contributed by atoms with Crippen LogP contribution in [0.25, 0.3) is 11.1 Å². The lowest BCUT2D eigenvalue weighted by Crippen LogP contribution is -2.32. The Hall–Kier alpha value is -4.12. The summed E-state index contributed by atoms with van der Waals surface area (Å²) in [5.41, 5.74) is 6.73. The van der Waals surface area contributed by atoms with Crippen molar-refractivity contribution in [3.8, 4) is 5.75 Å². The highest BCUT2D eigenvalue weighted by molar-refractivity contribution is 6.03. The monoisotopic (exact) mass is 440 g/mol. The Morgan fingerprint density at radius 1 is 1.06 bits per heavy atom. The van der Waals surface area contributed by atoms with Gasteiger partial charge in [0.1, 0.15) is 18.1 Å². The minimum absolute atomic E-state index is 0.107. The second kappa shape index (κ2) is 9.17. The number of rotatable bonds is 6. The zero-order valence-corrected chi connectivity index (χ0v) is 18.7. The van der Waals surface area contributed by atoms with Gasteiger partial charge in [-0.1, -0.05) is 36.9 Å². The molecule has 0 aliphatic carbocycles. The number of nitrogens with zero attached hydrogens (tertiary/aromatic N) is 1. The highest BCUT2D eigenvalue weighted by Crippen LogP contribution is 2.41. The number of carbonyl (C=O) groups excluding carboxylic acids is 1. The second-order valence-electron chi connectivity index (χ2n) is 7.93. The van der Waals surface area contributed by atoms with Crippen molar-refractivity contribution in [3.63, 3.8) is 0 Å². The summed E-state index contributed by atoms with van der Waals surface area (Å²) >= 11 is 0. The molecule has 3 aromatic rings. The molecule has 0 aromatic heterocycles. The molecule has 3 aromatic carbocycles. The fourth-order valence-electron chi connectivity index (χ4n) is 3.82. The highest BCUT2D eigenvalue weighted by atomic mass is 19.1. The standard InChI is InChI=1S/C28H25FN2O2/c1-18-5-14-27-25(15-18)20(3)26(19(2)21-6-8-22(29)9-7-21)16-31(27)17-28(32)30-23-10-12-24(33-4)13-11-23/h5-16H,2-3,17H2,1,4H3,(H,30,32). The summed E-state index contributed by atoms with van der Waals surface area (Å²) in [6.07, 6.45) is 1.89. The number of methoxy groups -OCH3 is 1. The van der Waals surface area contributed by atoms with Crippen molar-refractivity contribution >= 4 is 28.4 Å². The number of aryl methyl sites for hydroxylation is 1. The molecule has 33 heavy (non-hydrogen) atoms. The van der Waals surface area contributed by atoms with Gasteiger partial charge in [-0.3, -0.25) is 4.79 Å². The van der Waals surface area contributed by atoms with Crippen LogP contribution in [0.3, 0.4) is 0 Å². The van der Waals surface area contributed by atoms with E-state index in [-0.39, 0.29) is 18.3 Å². The average molecular weight is 441 g/mol. The number of nitrogens with one attached hydrogen (secondary N) is 1. The van der Waals surface area contributed by atoms with Gasteiger partial charge in [-0.25, -0.2) is 4.39 Å². The van der Waals surface area contributed by atoms with Gasteiger partial charge in [-0.05, 0) is 72.2 Å². The second-order valence-corrected chi connectivity index (χ2v) is 7.93. The zero-order valence-electron chi connectivity index (χ0n) is 18.7. The molecule has 1 heterocycles. The minimum atomic E-state index is -0.305. The summed E-state index contributed by atoms with van der Waals surface area (Å²) < 4.78 is 18.6. The van der Waals surface area contributed by atoms with E-state index in [0.717, 1.165) is 39.3 Å². The van der Waals surface area contributed by atoms with Crippen molar-refractivity contribution in [3.05, 3.63) is 114 Å². The SMILES string of the molecule is C=C(C1=CN(CC(=O)Nc2ccc(OC)cc2)c2ccc(C)cc2C1=C)c1ccc(F)cc1. The number of carbonyl (C=O) groups is 1. The molecule has 0 radical (unpaired) electrons. The predicted molar refractivity (Wildman–Crippen MR) is 133 cm³/mol. The summed E-state index contributed by atoms with van der Waals surface area (Å²) in [7, 11) is 1.60. The van der Waals surface area contributed by atoms with E-state index in [1.165, 1.54) is 12.1 Å². The molecule has 1 amide bonds. The van der Waals surface area contributed by atoms with Crippen molar-refractivity contribution in [2.75, 3.05) is 23.9 Å². The van der Waals surface area contributed by atoms with Crippen molar-refractivity contribution in [2.45, 2.75) is 6.92 Å². The molecule has 0 saturated heterocycles. The van der Waals surface area contributed by atoms with E-state index in [0.29, 0.717) is 11.3 Å². The van der Waals surface area contributed by atoms with E-state index >= 15 is 0 Å². The molecule has 0 unspecified atom stereocenters. The zero-order chi connectivity index (χ0) is 23.5. The van der Waals surface area contributed by atoms with Gasteiger partial charge >= 0.3 is 0 Å². The van der Waals surface area contributed by atoms with Crippen LogP contribution < -0.4 is 15.0 Å². The first kappa shape index (κ1) is 22.1. The molecule has 0 fully saturated rings. The van der Waals surface area contributed by atoms with Gasteiger partial charge in [0.05, 0.1) is 7.11 Å². The number of ether oxygens (including phenoxy) is 1. The molecule has 1 aliphatic heterocycles. The molecule has 1 N–H and O–H groups in total. The summed E-state index contributed by atoms with van der Waals surface area (Å²) in [4.78, 5) is 14.8.